The van der Waals surface area contributed by atoms with E-state index in [-0.39, 0.29) is 11.4 Å². The van der Waals surface area contributed by atoms with Gasteiger partial charge in [0.25, 0.3) is 0 Å². The number of hydrogen-bond donors (Lipinski definition) is 2. The molecular weight excluding hydrogens is 383 g/mol. The summed E-state index contributed by atoms with van der Waals surface area (Å²) in [6.07, 6.45) is 2.42. The lowest BCUT2D eigenvalue weighted by molar-refractivity contribution is 0.0697. The van der Waals surface area contributed by atoms with Gasteiger partial charge in [0.15, 0.2) is 0 Å². The number of rotatable bonds is 5. The van der Waals surface area contributed by atoms with Crippen molar-refractivity contribution in [3.63, 3.8) is 0 Å². The molecule has 156 valence electrons. The zero-order chi connectivity index (χ0) is 20.8. The zero-order valence-electron chi connectivity index (χ0n) is 16.9. The summed E-state index contributed by atoms with van der Waals surface area (Å²) in [5, 5.41) is 19.0. The molecule has 4 heterocycles. The zero-order valence-corrected chi connectivity index (χ0v) is 16.9. The third-order valence-corrected chi connectivity index (χ3v) is 6.60. The molecule has 0 radical (unpaired) electrons. The first-order chi connectivity index (χ1) is 14.5. The van der Waals surface area contributed by atoms with Crippen LogP contribution in [0.4, 0.5) is 4.39 Å². The molecule has 7 heteroatoms. The number of aromatic carboxylic acids is 1. The highest BCUT2D eigenvalue weighted by atomic mass is 19.1. The predicted octanol–water partition coefficient (Wildman–Crippen LogP) is 3.36. The van der Waals surface area contributed by atoms with Gasteiger partial charge in [-0.25, -0.2) is 13.9 Å². The summed E-state index contributed by atoms with van der Waals surface area (Å²) < 4.78 is 15.1. The Bertz CT molecular complexity index is 1100. The van der Waals surface area contributed by atoms with E-state index in [9.17, 15) is 14.3 Å². The normalized spacial score (nSPS) is 23.2. The summed E-state index contributed by atoms with van der Waals surface area (Å²) in [4.78, 5) is 14.6. The Hall–Kier alpha value is -2.77. The molecule has 0 aliphatic carbocycles. The molecule has 3 saturated heterocycles. The maximum Gasteiger partial charge on any atom is 0.336 e. The van der Waals surface area contributed by atoms with Gasteiger partial charge in [-0.2, -0.15) is 5.10 Å². The number of carboxylic acid groups (broad SMARTS) is 1. The van der Waals surface area contributed by atoms with Gasteiger partial charge in [0.1, 0.15) is 5.82 Å². The van der Waals surface area contributed by atoms with E-state index in [4.69, 9.17) is 5.10 Å². The topological polar surface area (TPSA) is 70.4 Å². The van der Waals surface area contributed by atoms with Crippen molar-refractivity contribution in [2.45, 2.75) is 32.4 Å². The Labute approximate surface area is 174 Å². The number of nitrogens with zero attached hydrogens (tertiary/aromatic N) is 3. The number of aromatic nitrogens is 2. The molecular formula is C23H25FN4O2. The molecule has 0 amide bonds. The van der Waals surface area contributed by atoms with Gasteiger partial charge < -0.3 is 15.3 Å². The van der Waals surface area contributed by atoms with E-state index in [1.54, 1.807) is 22.9 Å². The number of halogens is 1. The van der Waals surface area contributed by atoms with Gasteiger partial charge in [0.2, 0.25) is 0 Å². The van der Waals surface area contributed by atoms with E-state index in [0.717, 1.165) is 12.1 Å². The second kappa shape index (κ2) is 7.49. The van der Waals surface area contributed by atoms with Crippen LogP contribution in [0.15, 0.2) is 36.4 Å². The molecule has 0 spiro atoms. The maximum atomic E-state index is 13.4. The van der Waals surface area contributed by atoms with Gasteiger partial charge in [-0.15, -0.1) is 0 Å². The van der Waals surface area contributed by atoms with Gasteiger partial charge >= 0.3 is 5.97 Å². The molecule has 3 fully saturated rings. The SMILES string of the molecule is Cc1ccc2c(c(CNC3CN4CCC3CC4)nn2-c2ccc(F)cc2)c1C(=O)O. The first-order valence-electron chi connectivity index (χ1n) is 10.5. The van der Waals surface area contributed by atoms with Crippen molar-refractivity contribution in [3.8, 4) is 5.69 Å². The molecule has 1 aromatic heterocycles. The van der Waals surface area contributed by atoms with Crippen molar-refractivity contribution < 1.29 is 14.3 Å². The van der Waals surface area contributed by atoms with Crippen molar-refractivity contribution in [2.75, 3.05) is 19.6 Å². The van der Waals surface area contributed by atoms with Crippen molar-refractivity contribution in [2.24, 2.45) is 5.92 Å². The standard InChI is InChI=1S/C23H25FN4O2/c1-14-2-7-20-22(21(14)23(29)30)18(26-28(20)17-5-3-16(24)4-6-17)12-25-19-13-27-10-8-15(19)9-11-27/h2-7,15,19,25H,8-13H2,1H3,(H,29,30). The van der Waals surface area contributed by atoms with E-state index in [1.165, 1.54) is 38.1 Å². The number of nitrogens with one attached hydrogen (secondary N) is 1. The quantitative estimate of drug-likeness (QED) is 0.678. The average Bonchev–Trinajstić information content (AvgIpc) is 3.11. The molecule has 3 aliphatic heterocycles. The minimum atomic E-state index is -0.958. The Balaban J connectivity index is 1.56. The van der Waals surface area contributed by atoms with Crippen LogP contribution < -0.4 is 5.32 Å². The maximum absolute atomic E-state index is 13.4. The fourth-order valence-electron chi connectivity index (χ4n) is 4.99. The molecule has 2 aromatic carbocycles. The minimum absolute atomic E-state index is 0.284. The van der Waals surface area contributed by atoms with Crippen LogP contribution in [0, 0.1) is 18.7 Å². The van der Waals surface area contributed by atoms with E-state index in [2.05, 4.69) is 10.2 Å². The van der Waals surface area contributed by atoms with Crippen molar-refractivity contribution >= 4 is 16.9 Å². The Kier molecular flexibility index (Phi) is 4.79. The predicted molar refractivity (Wildman–Crippen MR) is 113 cm³/mol. The fourth-order valence-corrected chi connectivity index (χ4v) is 4.99. The largest absolute Gasteiger partial charge is 0.478 e. The van der Waals surface area contributed by atoms with Crippen LogP contribution in [0.1, 0.15) is 34.5 Å². The number of carbonyl (C=O) groups is 1. The number of carboxylic acids is 1. The first-order valence-corrected chi connectivity index (χ1v) is 10.5. The molecule has 1 unspecified atom stereocenters. The van der Waals surface area contributed by atoms with Crippen molar-refractivity contribution in [3.05, 3.63) is 59.0 Å². The van der Waals surface area contributed by atoms with E-state index in [1.807, 2.05) is 13.0 Å². The van der Waals surface area contributed by atoms with Gasteiger partial charge in [-0.05, 0) is 74.7 Å². The lowest BCUT2D eigenvalue weighted by Crippen LogP contribution is -2.55. The second-order valence-electron chi connectivity index (χ2n) is 8.42. The second-order valence-corrected chi connectivity index (χ2v) is 8.42. The highest BCUT2D eigenvalue weighted by Crippen LogP contribution is 2.30. The molecule has 6 rings (SSSR count). The molecule has 2 bridgehead atoms. The Morgan fingerprint density at radius 1 is 1.20 bits per heavy atom. The third kappa shape index (κ3) is 3.28. The number of fused-ring (bicyclic) bond motifs is 4. The van der Waals surface area contributed by atoms with Crippen LogP contribution in [-0.2, 0) is 6.54 Å². The highest BCUT2D eigenvalue weighted by molar-refractivity contribution is 6.05. The molecule has 3 aliphatic rings. The minimum Gasteiger partial charge on any atom is -0.478 e. The van der Waals surface area contributed by atoms with Crippen molar-refractivity contribution in [1.29, 1.82) is 0 Å². The summed E-state index contributed by atoms with van der Waals surface area (Å²) >= 11 is 0. The number of aryl methyl sites for hydroxylation is 1. The molecule has 30 heavy (non-hydrogen) atoms. The number of benzene rings is 2. The summed E-state index contributed by atoms with van der Waals surface area (Å²) in [6.45, 7) is 5.69. The van der Waals surface area contributed by atoms with E-state index in [0.29, 0.717) is 40.8 Å². The van der Waals surface area contributed by atoms with Crippen LogP contribution >= 0.6 is 0 Å². The Morgan fingerprint density at radius 2 is 1.93 bits per heavy atom. The number of hydrogen-bond acceptors (Lipinski definition) is 4. The van der Waals surface area contributed by atoms with Crippen LogP contribution in [-0.4, -0.2) is 51.4 Å². The number of piperidine rings is 3. The van der Waals surface area contributed by atoms with Crippen LogP contribution in [0.5, 0.6) is 0 Å². The lowest BCUT2D eigenvalue weighted by Gasteiger charge is -2.45. The summed E-state index contributed by atoms with van der Waals surface area (Å²) in [5.74, 6) is -0.608. The highest BCUT2D eigenvalue weighted by Gasteiger charge is 2.34. The molecule has 3 aromatic rings. The fraction of sp³-hybridized carbons (Fsp3) is 0.391. The van der Waals surface area contributed by atoms with Gasteiger partial charge in [0.05, 0.1) is 22.5 Å². The van der Waals surface area contributed by atoms with E-state index >= 15 is 0 Å². The van der Waals surface area contributed by atoms with Gasteiger partial charge in [-0.3, -0.25) is 0 Å². The average molecular weight is 408 g/mol. The summed E-state index contributed by atoms with van der Waals surface area (Å²) in [7, 11) is 0. The van der Waals surface area contributed by atoms with Gasteiger partial charge in [0, 0.05) is 24.5 Å². The van der Waals surface area contributed by atoms with Crippen LogP contribution in [0.25, 0.3) is 16.6 Å². The molecule has 6 nitrogen and oxygen atoms in total. The first kappa shape index (κ1) is 19.2. The molecule has 1 atom stereocenters. The molecule has 0 saturated carbocycles. The third-order valence-electron chi connectivity index (χ3n) is 6.60. The van der Waals surface area contributed by atoms with Crippen molar-refractivity contribution in [1.82, 2.24) is 20.0 Å². The van der Waals surface area contributed by atoms with Crippen LogP contribution in [0.2, 0.25) is 0 Å². The van der Waals surface area contributed by atoms with E-state index < -0.39 is 5.97 Å². The monoisotopic (exact) mass is 408 g/mol. The smallest absolute Gasteiger partial charge is 0.336 e. The molecule has 2 N–H and O–H groups in total. The summed E-state index contributed by atoms with van der Waals surface area (Å²) in [6, 6.07) is 10.2. The Morgan fingerprint density at radius 3 is 2.57 bits per heavy atom. The van der Waals surface area contributed by atoms with Crippen LogP contribution in [0.3, 0.4) is 0 Å². The van der Waals surface area contributed by atoms with Gasteiger partial charge in [-0.1, -0.05) is 6.07 Å². The lowest BCUT2D eigenvalue weighted by atomic mass is 9.84. The summed E-state index contributed by atoms with van der Waals surface area (Å²) in [5.41, 5.74) is 3.13.